The number of nitrogens with one attached hydrogen (secondary N) is 1. The van der Waals surface area contributed by atoms with Gasteiger partial charge in [-0.25, -0.2) is 0 Å². The Labute approximate surface area is 266 Å². The number of benzene rings is 1. The highest BCUT2D eigenvalue weighted by Gasteiger charge is 2.47. The molecule has 2 aromatic rings. The average molecular weight is 686 g/mol. The quantitative estimate of drug-likeness (QED) is 0.266. The van der Waals surface area contributed by atoms with Crippen LogP contribution in [0.3, 0.4) is 0 Å². The van der Waals surface area contributed by atoms with Gasteiger partial charge in [-0.1, -0.05) is 58.2 Å². The minimum absolute atomic E-state index is 0.00307. The second kappa shape index (κ2) is 17.5. The van der Waals surface area contributed by atoms with Crippen molar-refractivity contribution in [2.24, 2.45) is 16.7 Å². The number of halogens is 6. The van der Waals surface area contributed by atoms with E-state index in [2.05, 4.69) is 24.3 Å². The number of hydrogen-bond acceptors (Lipinski definition) is 7. The Morgan fingerprint density at radius 1 is 1.20 bits per heavy atom. The van der Waals surface area contributed by atoms with E-state index in [1.165, 1.54) is 16.8 Å². The highest BCUT2D eigenvalue weighted by atomic mass is 35.5. The highest BCUT2D eigenvalue weighted by molar-refractivity contribution is 7.51. The van der Waals surface area contributed by atoms with E-state index in [0.29, 0.717) is 12.5 Å². The van der Waals surface area contributed by atoms with Gasteiger partial charge in [0.25, 0.3) is 5.91 Å². The first-order valence-corrected chi connectivity index (χ1v) is 15.1. The van der Waals surface area contributed by atoms with Crippen LogP contribution in [-0.4, -0.2) is 49.6 Å². The van der Waals surface area contributed by atoms with E-state index in [1.54, 1.807) is 6.92 Å². The lowest BCUT2D eigenvalue weighted by atomic mass is 9.69. The lowest BCUT2D eigenvalue weighted by Crippen LogP contribution is -2.39. The van der Waals surface area contributed by atoms with Crippen molar-refractivity contribution in [1.29, 1.82) is 0 Å². The first-order chi connectivity index (χ1) is 21.0. The largest absolute Gasteiger partial charge is 0.434 e. The molecule has 1 aliphatic carbocycles. The van der Waals surface area contributed by atoms with Gasteiger partial charge in [0.05, 0.1) is 16.1 Å². The molecular formula is C29H37ClF5N3O6S. The summed E-state index contributed by atoms with van der Waals surface area (Å²) in [6, 6.07) is 3.96. The summed E-state index contributed by atoms with van der Waals surface area (Å²) in [5.74, 6) is -0.154. The summed E-state index contributed by atoms with van der Waals surface area (Å²) >= 11 is 5.88. The van der Waals surface area contributed by atoms with Crippen LogP contribution in [0.2, 0.25) is 5.02 Å². The Morgan fingerprint density at radius 3 is 2.22 bits per heavy atom. The van der Waals surface area contributed by atoms with E-state index in [4.69, 9.17) is 34.3 Å². The van der Waals surface area contributed by atoms with Crippen LogP contribution in [-0.2, 0) is 34.1 Å². The summed E-state index contributed by atoms with van der Waals surface area (Å²) in [6.07, 6.45) is 0.466. The van der Waals surface area contributed by atoms with Gasteiger partial charge in [-0.15, -0.1) is 0 Å². The molecule has 3 rings (SSSR count). The van der Waals surface area contributed by atoms with Gasteiger partial charge in [-0.3, -0.25) is 9.48 Å². The molecule has 0 saturated heterocycles. The summed E-state index contributed by atoms with van der Waals surface area (Å²) in [5, 5.41) is 7.27. The first-order valence-electron chi connectivity index (χ1n) is 14.1. The zero-order valence-electron chi connectivity index (χ0n) is 25.6. The van der Waals surface area contributed by atoms with Crippen LogP contribution in [0, 0.1) is 16.7 Å². The minimum atomic E-state index is -4.49. The second-order valence-corrected chi connectivity index (χ2v) is 12.0. The van der Waals surface area contributed by atoms with Crippen LogP contribution in [0.15, 0.2) is 18.2 Å². The van der Waals surface area contributed by atoms with Crippen LogP contribution in [0.5, 0.6) is 5.75 Å². The monoisotopic (exact) mass is 685 g/mol. The molecule has 9 nitrogen and oxygen atoms in total. The number of carbonyl (C=O) groups is 1. The highest BCUT2D eigenvalue weighted by Crippen LogP contribution is 2.44. The van der Waals surface area contributed by atoms with Crippen molar-refractivity contribution in [1.82, 2.24) is 15.1 Å². The Bertz CT molecular complexity index is 1340. The molecule has 1 saturated carbocycles. The number of ether oxygens (including phenoxy) is 1. The smallest absolute Gasteiger partial charge is 0.394 e. The third-order valence-electron chi connectivity index (χ3n) is 8.05. The van der Waals surface area contributed by atoms with Gasteiger partial charge in [-0.2, -0.15) is 45.1 Å². The summed E-state index contributed by atoms with van der Waals surface area (Å²) < 4.78 is 89.7. The third-order valence-corrected chi connectivity index (χ3v) is 8.41. The second-order valence-electron chi connectivity index (χ2n) is 11.5. The molecular weight excluding hydrogens is 649 g/mol. The molecule has 1 heterocycles. The lowest BCUT2D eigenvalue weighted by molar-refractivity contribution is -0.211. The van der Waals surface area contributed by atoms with Crippen LogP contribution in [0.4, 0.5) is 22.0 Å². The van der Waals surface area contributed by atoms with Crippen molar-refractivity contribution >= 4 is 35.2 Å². The van der Waals surface area contributed by atoms with Gasteiger partial charge >= 0.3 is 30.5 Å². The maximum Gasteiger partial charge on any atom is 0.394 e. The number of nitrogens with zero attached hydrogens (tertiary/aromatic N) is 2. The van der Waals surface area contributed by atoms with Gasteiger partial charge in [0.1, 0.15) is 5.75 Å². The molecule has 0 unspecified atom stereocenters. The molecule has 0 aliphatic heterocycles. The molecule has 0 bridgehead atoms. The number of aromatic nitrogens is 2. The summed E-state index contributed by atoms with van der Waals surface area (Å²) in [7, 11) is 0. The van der Waals surface area contributed by atoms with Gasteiger partial charge in [0.2, 0.25) is 0 Å². The standard InChI is InChI=1S/C28H37ClF5N3O2.CO2.O2S/c1-6-27(12-10-17(3)11-13-27)16-35-24(38)22-21(29)23(37(7-2)36-22)19-9-8-18(14-20(19)39-25(30)31)15-26(4,5)28(32,33)34;2-1-3;1-3-2/h8-9,14,17,25H,6-7,10-13,15-16H2,1-5H3,(H,35,38);;. The maximum absolute atomic E-state index is 13.4. The lowest BCUT2D eigenvalue weighted by Gasteiger charge is -2.39. The number of carbonyl (C=O) groups excluding carboxylic acids is 3. The molecule has 1 aromatic carbocycles. The van der Waals surface area contributed by atoms with Crippen LogP contribution >= 0.6 is 11.6 Å². The third kappa shape index (κ3) is 11.0. The fraction of sp³-hybridized carbons (Fsp3) is 0.621. The summed E-state index contributed by atoms with van der Waals surface area (Å²) in [4.78, 5) is 29.4. The normalized spacial score (nSPS) is 18.1. The Kier molecular flexibility index (Phi) is 15.5. The number of alkyl halides is 5. The van der Waals surface area contributed by atoms with Gasteiger partial charge in [0, 0.05) is 18.7 Å². The molecule has 0 radical (unpaired) electrons. The molecule has 16 heteroatoms. The molecule has 1 fully saturated rings. The van der Waals surface area contributed by atoms with Crippen molar-refractivity contribution < 1.29 is 49.5 Å². The number of amides is 1. The molecule has 252 valence electrons. The zero-order valence-corrected chi connectivity index (χ0v) is 27.1. The fourth-order valence-corrected chi connectivity index (χ4v) is 5.45. The number of hydrogen-bond donors (Lipinski definition) is 1. The summed E-state index contributed by atoms with van der Waals surface area (Å²) in [5.41, 5.74) is -1.68. The van der Waals surface area contributed by atoms with Gasteiger partial charge < -0.3 is 10.1 Å². The average Bonchev–Trinajstić information content (AvgIpc) is 3.28. The molecule has 45 heavy (non-hydrogen) atoms. The molecule has 0 atom stereocenters. The van der Waals surface area contributed by atoms with E-state index in [1.807, 2.05) is 0 Å². The van der Waals surface area contributed by atoms with Crippen LogP contribution in [0.25, 0.3) is 11.3 Å². The molecule has 1 aromatic heterocycles. The van der Waals surface area contributed by atoms with Crippen LogP contribution in [0.1, 0.15) is 82.8 Å². The Balaban J connectivity index is 0.00000156. The van der Waals surface area contributed by atoms with Gasteiger partial charge in [0.15, 0.2) is 5.69 Å². The minimum Gasteiger partial charge on any atom is -0.434 e. The van der Waals surface area contributed by atoms with Crippen molar-refractivity contribution in [2.75, 3.05) is 6.54 Å². The molecule has 1 N–H and O–H groups in total. The topological polar surface area (TPSA) is 124 Å². The van der Waals surface area contributed by atoms with Crippen molar-refractivity contribution in [2.45, 2.75) is 92.5 Å². The predicted molar refractivity (Wildman–Crippen MR) is 155 cm³/mol. The summed E-state index contributed by atoms with van der Waals surface area (Å²) in [6.45, 7) is 5.68. The van der Waals surface area contributed by atoms with Crippen LogP contribution < -0.4 is 10.1 Å². The zero-order chi connectivity index (χ0) is 34.6. The molecule has 0 spiro atoms. The van der Waals surface area contributed by atoms with Crippen molar-refractivity contribution in [3.8, 4) is 17.0 Å². The molecule has 1 amide bonds. The maximum atomic E-state index is 13.4. The SMILES string of the molecule is CCn1nc(C(=O)NCC2(CC)CCC(C)CC2)c(Cl)c1-c1ccc(CC(C)(C)C(F)(F)F)cc1OC(F)F.O=C=O.O=S=O. The Hall–Kier alpha value is -3.16. The van der Waals surface area contributed by atoms with E-state index < -0.39 is 42.1 Å². The number of rotatable bonds is 10. The van der Waals surface area contributed by atoms with Crippen molar-refractivity contribution in [3.63, 3.8) is 0 Å². The first kappa shape index (κ1) is 39.9. The van der Waals surface area contributed by atoms with E-state index in [0.717, 1.165) is 52.0 Å². The fourth-order valence-electron chi connectivity index (χ4n) is 5.13. The van der Waals surface area contributed by atoms with E-state index in [9.17, 15) is 26.7 Å². The van der Waals surface area contributed by atoms with Crippen molar-refractivity contribution in [3.05, 3.63) is 34.5 Å². The van der Waals surface area contributed by atoms with E-state index >= 15 is 0 Å². The van der Waals surface area contributed by atoms with Gasteiger partial charge in [-0.05, 0) is 61.6 Å². The van der Waals surface area contributed by atoms with E-state index in [-0.39, 0.29) is 51.4 Å². The predicted octanol–water partition coefficient (Wildman–Crippen LogP) is 7.04. The number of aryl methyl sites for hydroxylation is 1. The molecule has 1 aliphatic rings. The Morgan fingerprint density at radius 2 is 1.76 bits per heavy atom.